The molecule has 0 aliphatic rings. The number of rotatable bonds is 8. The second-order valence-corrected chi connectivity index (χ2v) is 6.30. The highest BCUT2D eigenvalue weighted by Crippen LogP contribution is 2.21. The summed E-state index contributed by atoms with van der Waals surface area (Å²) in [5.41, 5.74) is 1.46. The lowest BCUT2D eigenvalue weighted by Crippen LogP contribution is -2.43. The van der Waals surface area contributed by atoms with Crippen LogP contribution >= 0.6 is 0 Å². The van der Waals surface area contributed by atoms with Crippen LogP contribution in [0.1, 0.15) is 25.0 Å². The Morgan fingerprint density at radius 2 is 1.77 bits per heavy atom. The summed E-state index contributed by atoms with van der Waals surface area (Å²) >= 11 is 0. The molecule has 26 heavy (non-hydrogen) atoms. The number of ether oxygens (including phenoxy) is 2. The largest absolute Gasteiger partial charge is 0.491 e. The van der Waals surface area contributed by atoms with Crippen LogP contribution in [-0.2, 0) is 4.79 Å². The van der Waals surface area contributed by atoms with E-state index in [1.807, 2.05) is 45.0 Å². The van der Waals surface area contributed by atoms with Crippen molar-refractivity contribution in [3.63, 3.8) is 0 Å². The van der Waals surface area contributed by atoms with Crippen molar-refractivity contribution in [3.05, 3.63) is 59.7 Å². The number of para-hydroxylation sites is 2. The van der Waals surface area contributed by atoms with Gasteiger partial charge in [-0.2, -0.15) is 5.26 Å². The molecule has 1 atom stereocenters. The SMILES string of the molecule is Cc1ccccc1OCCNC(=O)C(Oc1ccccc1C#N)C(C)C. The van der Waals surface area contributed by atoms with E-state index in [9.17, 15) is 4.79 Å². The number of hydrogen-bond donors (Lipinski definition) is 1. The van der Waals surface area contributed by atoms with Gasteiger partial charge in [0.15, 0.2) is 6.10 Å². The summed E-state index contributed by atoms with van der Waals surface area (Å²) in [4.78, 5) is 12.5. The molecule has 2 rings (SSSR count). The van der Waals surface area contributed by atoms with Crippen LogP contribution in [0.5, 0.6) is 11.5 Å². The van der Waals surface area contributed by atoms with Crippen molar-refractivity contribution < 1.29 is 14.3 Å². The zero-order valence-corrected chi connectivity index (χ0v) is 15.4. The van der Waals surface area contributed by atoms with Gasteiger partial charge in [-0.1, -0.05) is 44.2 Å². The molecule has 0 aromatic heterocycles. The molecule has 0 aliphatic carbocycles. The summed E-state index contributed by atoms with van der Waals surface area (Å²) in [5.74, 6) is 0.960. The molecule has 136 valence electrons. The fourth-order valence-corrected chi connectivity index (χ4v) is 2.45. The summed E-state index contributed by atoms with van der Waals surface area (Å²) in [7, 11) is 0. The van der Waals surface area contributed by atoms with Crippen molar-refractivity contribution in [2.75, 3.05) is 13.2 Å². The Labute approximate surface area is 154 Å². The average molecular weight is 352 g/mol. The number of nitrogens with one attached hydrogen (secondary N) is 1. The Balaban J connectivity index is 1.90. The zero-order chi connectivity index (χ0) is 18.9. The van der Waals surface area contributed by atoms with E-state index in [0.29, 0.717) is 24.5 Å². The highest BCUT2D eigenvalue weighted by Gasteiger charge is 2.24. The molecule has 0 radical (unpaired) electrons. The molecule has 0 saturated carbocycles. The lowest BCUT2D eigenvalue weighted by atomic mass is 10.1. The first-order chi connectivity index (χ1) is 12.5. The van der Waals surface area contributed by atoms with Gasteiger partial charge in [0, 0.05) is 0 Å². The number of nitrogens with zero attached hydrogens (tertiary/aromatic N) is 1. The molecular weight excluding hydrogens is 328 g/mol. The minimum atomic E-state index is -0.678. The van der Waals surface area contributed by atoms with Gasteiger partial charge < -0.3 is 14.8 Å². The van der Waals surface area contributed by atoms with E-state index in [-0.39, 0.29) is 11.8 Å². The second kappa shape index (κ2) is 9.47. The summed E-state index contributed by atoms with van der Waals surface area (Å²) in [6.45, 7) is 6.53. The van der Waals surface area contributed by atoms with Gasteiger partial charge in [0.2, 0.25) is 0 Å². The minimum Gasteiger partial charge on any atom is -0.491 e. The first kappa shape index (κ1) is 19.3. The maximum Gasteiger partial charge on any atom is 0.261 e. The van der Waals surface area contributed by atoms with Crippen LogP contribution in [0.4, 0.5) is 0 Å². The maximum atomic E-state index is 12.5. The van der Waals surface area contributed by atoms with E-state index in [1.165, 1.54) is 0 Å². The monoisotopic (exact) mass is 352 g/mol. The standard InChI is InChI=1S/C21H24N2O3/c1-15(2)20(26-19-11-7-5-9-17(19)14-22)21(24)23-12-13-25-18-10-6-4-8-16(18)3/h4-11,15,20H,12-13H2,1-3H3,(H,23,24). The number of carbonyl (C=O) groups excluding carboxylic acids is 1. The molecule has 0 fully saturated rings. The van der Waals surface area contributed by atoms with Crippen molar-refractivity contribution in [1.82, 2.24) is 5.32 Å². The second-order valence-electron chi connectivity index (χ2n) is 6.30. The van der Waals surface area contributed by atoms with Gasteiger partial charge in [0.05, 0.1) is 12.1 Å². The van der Waals surface area contributed by atoms with Crippen molar-refractivity contribution in [3.8, 4) is 17.6 Å². The first-order valence-electron chi connectivity index (χ1n) is 8.65. The average Bonchev–Trinajstić information content (AvgIpc) is 2.64. The summed E-state index contributed by atoms with van der Waals surface area (Å²) < 4.78 is 11.5. The van der Waals surface area contributed by atoms with Gasteiger partial charge in [0.1, 0.15) is 24.2 Å². The molecule has 5 heteroatoms. The quantitative estimate of drug-likeness (QED) is 0.739. The summed E-state index contributed by atoms with van der Waals surface area (Å²) in [6, 6.07) is 16.7. The predicted molar refractivity (Wildman–Crippen MR) is 100 cm³/mol. The van der Waals surface area contributed by atoms with Gasteiger partial charge in [0.25, 0.3) is 5.91 Å². The topological polar surface area (TPSA) is 71.3 Å². The molecular formula is C21H24N2O3. The summed E-state index contributed by atoms with van der Waals surface area (Å²) in [6.07, 6.45) is -0.678. The molecule has 1 N–H and O–H groups in total. The van der Waals surface area contributed by atoms with E-state index in [1.54, 1.807) is 24.3 Å². The molecule has 0 spiro atoms. The Kier molecular flexibility index (Phi) is 7.04. The van der Waals surface area contributed by atoms with E-state index >= 15 is 0 Å². The normalized spacial score (nSPS) is 11.5. The summed E-state index contributed by atoms with van der Waals surface area (Å²) in [5, 5.41) is 12.0. The molecule has 0 saturated heterocycles. The molecule has 0 aliphatic heterocycles. The highest BCUT2D eigenvalue weighted by atomic mass is 16.5. The van der Waals surface area contributed by atoms with Crippen LogP contribution in [0.25, 0.3) is 0 Å². The number of amides is 1. The third-order valence-electron chi connectivity index (χ3n) is 3.88. The lowest BCUT2D eigenvalue weighted by molar-refractivity contribution is -0.129. The van der Waals surface area contributed by atoms with Gasteiger partial charge in [-0.05, 0) is 36.6 Å². The van der Waals surface area contributed by atoms with Crippen LogP contribution in [0.3, 0.4) is 0 Å². The minimum absolute atomic E-state index is 0.0426. The van der Waals surface area contributed by atoms with Crippen molar-refractivity contribution in [2.24, 2.45) is 5.92 Å². The van der Waals surface area contributed by atoms with Crippen LogP contribution in [-0.4, -0.2) is 25.2 Å². The maximum absolute atomic E-state index is 12.5. The predicted octanol–water partition coefficient (Wildman–Crippen LogP) is 3.47. The van der Waals surface area contributed by atoms with Gasteiger partial charge in [-0.25, -0.2) is 0 Å². The van der Waals surface area contributed by atoms with Crippen molar-refractivity contribution in [1.29, 1.82) is 5.26 Å². The number of aryl methyl sites for hydroxylation is 1. The van der Waals surface area contributed by atoms with Crippen LogP contribution in [0, 0.1) is 24.2 Å². The molecule has 1 unspecified atom stereocenters. The van der Waals surface area contributed by atoms with Crippen molar-refractivity contribution in [2.45, 2.75) is 26.9 Å². The van der Waals surface area contributed by atoms with Crippen LogP contribution in [0.15, 0.2) is 48.5 Å². The molecule has 1 amide bonds. The number of hydrogen-bond acceptors (Lipinski definition) is 4. The molecule has 5 nitrogen and oxygen atoms in total. The third-order valence-corrected chi connectivity index (χ3v) is 3.88. The Morgan fingerprint density at radius 1 is 1.12 bits per heavy atom. The third kappa shape index (κ3) is 5.25. The van der Waals surface area contributed by atoms with Gasteiger partial charge in [-0.15, -0.1) is 0 Å². The van der Waals surface area contributed by atoms with E-state index in [2.05, 4.69) is 11.4 Å². The number of benzene rings is 2. The molecule has 0 bridgehead atoms. The van der Waals surface area contributed by atoms with E-state index in [0.717, 1.165) is 11.3 Å². The van der Waals surface area contributed by atoms with E-state index < -0.39 is 6.10 Å². The van der Waals surface area contributed by atoms with Gasteiger partial charge in [-0.3, -0.25) is 4.79 Å². The molecule has 2 aromatic rings. The number of carbonyl (C=O) groups is 1. The van der Waals surface area contributed by atoms with Crippen LogP contribution < -0.4 is 14.8 Å². The highest BCUT2D eigenvalue weighted by molar-refractivity contribution is 5.81. The molecule has 0 heterocycles. The number of nitriles is 1. The van der Waals surface area contributed by atoms with Crippen molar-refractivity contribution >= 4 is 5.91 Å². The fraction of sp³-hybridized carbons (Fsp3) is 0.333. The van der Waals surface area contributed by atoms with Gasteiger partial charge >= 0.3 is 0 Å². The van der Waals surface area contributed by atoms with Crippen LogP contribution in [0.2, 0.25) is 0 Å². The smallest absolute Gasteiger partial charge is 0.261 e. The van der Waals surface area contributed by atoms with E-state index in [4.69, 9.17) is 14.7 Å². The molecule has 2 aromatic carbocycles. The first-order valence-corrected chi connectivity index (χ1v) is 8.65. The Bertz CT molecular complexity index is 781. The Hall–Kier alpha value is -3.00. The fourth-order valence-electron chi connectivity index (χ4n) is 2.45. The Morgan fingerprint density at radius 3 is 2.42 bits per heavy atom. The lowest BCUT2D eigenvalue weighted by Gasteiger charge is -2.22. The zero-order valence-electron chi connectivity index (χ0n) is 15.4.